The molecule has 3 amide bonds. The van der Waals surface area contributed by atoms with Crippen molar-refractivity contribution in [3.63, 3.8) is 0 Å². The number of aromatic nitrogens is 2. The van der Waals surface area contributed by atoms with E-state index in [1.54, 1.807) is 41.3 Å². The Labute approximate surface area is 195 Å². The molecule has 1 aromatic heterocycles. The van der Waals surface area contributed by atoms with Gasteiger partial charge in [-0.05, 0) is 37.3 Å². The molecule has 6 rings (SSSR count). The summed E-state index contributed by atoms with van der Waals surface area (Å²) in [6.07, 6.45) is -0.668. The number of carbonyl (C=O) groups excluding carboxylic acids is 3. The second kappa shape index (κ2) is 7.55. The third-order valence-electron chi connectivity index (χ3n) is 6.39. The summed E-state index contributed by atoms with van der Waals surface area (Å²) in [5, 5.41) is 2.93. The number of para-hydroxylation sites is 3. The summed E-state index contributed by atoms with van der Waals surface area (Å²) in [5.74, 6) is -0.167. The number of amides is 3. The van der Waals surface area contributed by atoms with Crippen molar-refractivity contribution in [1.82, 2.24) is 20.2 Å². The average Bonchev–Trinajstić information content (AvgIpc) is 3.42. The first kappa shape index (κ1) is 20.2. The summed E-state index contributed by atoms with van der Waals surface area (Å²) in [6, 6.07) is 21.5. The summed E-state index contributed by atoms with van der Waals surface area (Å²) >= 11 is 0. The highest BCUT2D eigenvalue weighted by atomic mass is 16.2. The maximum atomic E-state index is 13.5. The first-order chi connectivity index (χ1) is 16.5. The number of nitrogens with one attached hydrogen (secondary N) is 2. The van der Waals surface area contributed by atoms with Gasteiger partial charge in [0.1, 0.15) is 18.5 Å². The maximum Gasteiger partial charge on any atom is 0.260 e. The topological polar surface area (TPSA) is 98.4 Å². The van der Waals surface area contributed by atoms with E-state index in [-0.39, 0.29) is 30.3 Å². The number of anilines is 1. The van der Waals surface area contributed by atoms with Gasteiger partial charge in [0.15, 0.2) is 0 Å². The fourth-order valence-corrected chi connectivity index (χ4v) is 4.82. The molecule has 2 atom stereocenters. The van der Waals surface area contributed by atoms with Gasteiger partial charge in [-0.3, -0.25) is 19.3 Å². The van der Waals surface area contributed by atoms with Crippen LogP contribution in [0.15, 0.2) is 72.8 Å². The van der Waals surface area contributed by atoms with E-state index in [1.165, 1.54) is 4.90 Å². The molecule has 8 nitrogen and oxygen atoms in total. The van der Waals surface area contributed by atoms with Crippen molar-refractivity contribution in [3.05, 3.63) is 95.3 Å². The zero-order valence-electron chi connectivity index (χ0n) is 18.4. The van der Waals surface area contributed by atoms with Gasteiger partial charge in [-0.1, -0.05) is 42.5 Å². The van der Waals surface area contributed by atoms with Gasteiger partial charge >= 0.3 is 0 Å². The minimum absolute atomic E-state index is 0.179. The SMILES string of the molecule is C[C@H](NC(=O)CN1C(=O)c2ccccc2N2C(=O)c3ccccc3[C@H]12)c1nc2ccccc2[nH]1. The van der Waals surface area contributed by atoms with Crippen LogP contribution in [0.4, 0.5) is 5.69 Å². The Morgan fingerprint density at radius 1 is 0.971 bits per heavy atom. The van der Waals surface area contributed by atoms with E-state index in [1.807, 2.05) is 43.3 Å². The summed E-state index contributed by atoms with van der Waals surface area (Å²) in [4.78, 5) is 50.7. The lowest BCUT2D eigenvalue weighted by molar-refractivity contribution is -0.123. The summed E-state index contributed by atoms with van der Waals surface area (Å²) < 4.78 is 0. The van der Waals surface area contributed by atoms with E-state index in [2.05, 4.69) is 15.3 Å². The second-order valence-corrected chi connectivity index (χ2v) is 8.51. The molecule has 0 aliphatic carbocycles. The molecule has 2 N–H and O–H groups in total. The molecule has 0 fully saturated rings. The van der Waals surface area contributed by atoms with E-state index < -0.39 is 6.17 Å². The zero-order chi connectivity index (χ0) is 23.4. The van der Waals surface area contributed by atoms with E-state index in [0.717, 1.165) is 11.0 Å². The largest absolute Gasteiger partial charge is 0.345 e. The molecule has 168 valence electrons. The van der Waals surface area contributed by atoms with Gasteiger partial charge in [0.2, 0.25) is 5.91 Å². The lowest BCUT2D eigenvalue weighted by Crippen LogP contribution is -2.51. The van der Waals surface area contributed by atoms with E-state index in [9.17, 15) is 14.4 Å². The zero-order valence-corrected chi connectivity index (χ0v) is 18.4. The standard InChI is InChI=1S/C26H21N5O3/c1-15(23-28-19-11-5-6-12-20(19)29-23)27-22(32)14-30-24-16-8-2-3-9-17(16)26(34)31(24)21-13-7-4-10-18(21)25(30)33/h2-13,15,24H,14H2,1H3,(H,27,32)(H,28,29)/t15-,24+/m0/s1. The van der Waals surface area contributed by atoms with Crippen LogP contribution in [0.3, 0.4) is 0 Å². The number of H-pyrrole nitrogens is 1. The van der Waals surface area contributed by atoms with Gasteiger partial charge in [-0.25, -0.2) is 4.98 Å². The Morgan fingerprint density at radius 2 is 1.68 bits per heavy atom. The smallest absolute Gasteiger partial charge is 0.260 e. The molecular weight excluding hydrogens is 430 g/mol. The number of nitrogens with zero attached hydrogens (tertiary/aromatic N) is 3. The lowest BCUT2D eigenvalue weighted by atomic mass is 10.0. The quantitative estimate of drug-likeness (QED) is 0.496. The van der Waals surface area contributed by atoms with Crippen LogP contribution in [0.1, 0.15) is 51.2 Å². The van der Waals surface area contributed by atoms with E-state index >= 15 is 0 Å². The number of hydrogen-bond acceptors (Lipinski definition) is 4. The fraction of sp³-hybridized carbons (Fsp3) is 0.154. The van der Waals surface area contributed by atoms with Gasteiger partial charge in [0, 0.05) is 11.1 Å². The molecule has 0 saturated carbocycles. The molecule has 4 aromatic rings. The van der Waals surface area contributed by atoms with E-state index in [0.29, 0.717) is 28.2 Å². The predicted octanol–water partition coefficient (Wildman–Crippen LogP) is 3.56. The Kier molecular flexibility index (Phi) is 4.48. The number of imidazole rings is 1. The van der Waals surface area contributed by atoms with Gasteiger partial charge < -0.3 is 15.2 Å². The molecule has 8 heteroatoms. The number of benzene rings is 3. The van der Waals surface area contributed by atoms with Crippen molar-refractivity contribution in [2.45, 2.75) is 19.1 Å². The molecule has 34 heavy (non-hydrogen) atoms. The van der Waals surface area contributed by atoms with Gasteiger partial charge in [-0.15, -0.1) is 0 Å². The highest BCUT2D eigenvalue weighted by Crippen LogP contribution is 2.44. The van der Waals surface area contributed by atoms with Gasteiger partial charge in [-0.2, -0.15) is 0 Å². The fourth-order valence-electron chi connectivity index (χ4n) is 4.82. The molecule has 0 radical (unpaired) electrons. The average molecular weight is 451 g/mol. The third-order valence-corrected chi connectivity index (χ3v) is 6.39. The van der Waals surface area contributed by atoms with Crippen LogP contribution < -0.4 is 10.2 Å². The highest BCUT2D eigenvalue weighted by Gasteiger charge is 2.48. The van der Waals surface area contributed by atoms with Crippen molar-refractivity contribution in [2.75, 3.05) is 11.4 Å². The Hall–Kier alpha value is -4.46. The lowest BCUT2D eigenvalue weighted by Gasteiger charge is -2.40. The molecule has 3 aromatic carbocycles. The molecule has 0 unspecified atom stereocenters. The molecule has 0 bridgehead atoms. The first-order valence-electron chi connectivity index (χ1n) is 11.1. The maximum absolute atomic E-state index is 13.5. The normalized spacial score (nSPS) is 17.4. The van der Waals surface area contributed by atoms with Crippen LogP contribution in [-0.4, -0.2) is 39.1 Å². The second-order valence-electron chi connectivity index (χ2n) is 8.51. The minimum Gasteiger partial charge on any atom is -0.345 e. The monoisotopic (exact) mass is 451 g/mol. The molecule has 0 saturated heterocycles. The Balaban J connectivity index is 1.31. The molecule has 2 aliphatic rings. The van der Waals surface area contributed by atoms with Crippen molar-refractivity contribution < 1.29 is 14.4 Å². The summed E-state index contributed by atoms with van der Waals surface area (Å²) in [7, 11) is 0. The number of hydrogen-bond donors (Lipinski definition) is 2. The third kappa shape index (κ3) is 2.99. The molecular formula is C26H21N5O3. The van der Waals surface area contributed by atoms with Gasteiger partial charge in [0.05, 0.1) is 28.3 Å². The van der Waals surface area contributed by atoms with Crippen molar-refractivity contribution in [3.8, 4) is 0 Å². The van der Waals surface area contributed by atoms with Crippen LogP contribution in [0.5, 0.6) is 0 Å². The number of carbonyl (C=O) groups is 3. The van der Waals surface area contributed by atoms with Crippen molar-refractivity contribution in [1.29, 1.82) is 0 Å². The molecule has 3 heterocycles. The number of aromatic amines is 1. The molecule has 0 spiro atoms. The van der Waals surface area contributed by atoms with Crippen LogP contribution >= 0.6 is 0 Å². The predicted molar refractivity (Wildman–Crippen MR) is 126 cm³/mol. The minimum atomic E-state index is -0.668. The van der Waals surface area contributed by atoms with Crippen molar-refractivity contribution in [2.24, 2.45) is 0 Å². The van der Waals surface area contributed by atoms with Crippen LogP contribution in [0.2, 0.25) is 0 Å². The number of rotatable bonds is 4. The van der Waals surface area contributed by atoms with Crippen LogP contribution in [0.25, 0.3) is 11.0 Å². The van der Waals surface area contributed by atoms with Crippen LogP contribution in [-0.2, 0) is 4.79 Å². The van der Waals surface area contributed by atoms with E-state index in [4.69, 9.17) is 0 Å². The Bertz CT molecular complexity index is 1440. The van der Waals surface area contributed by atoms with Crippen LogP contribution in [0, 0.1) is 0 Å². The summed E-state index contributed by atoms with van der Waals surface area (Å²) in [6.45, 7) is 1.64. The molecule has 2 aliphatic heterocycles. The van der Waals surface area contributed by atoms with Crippen molar-refractivity contribution >= 4 is 34.4 Å². The number of fused-ring (bicyclic) bond motifs is 6. The highest BCUT2D eigenvalue weighted by molar-refractivity contribution is 6.17. The first-order valence-corrected chi connectivity index (χ1v) is 11.1. The Morgan fingerprint density at radius 3 is 2.50 bits per heavy atom. The summed E-state index contributed by atoms with van der Waals surface area (Å²) in [5.41, 5.74) is 3.92. The van der Waals surface area contributed by atoms with Gasteiger partial charge in [0.25, 0.3) is 11.8 Å².